The molecule has 3 aromatic rings. The summed E-state index contributed by atoms with van der Waals surface area (Å²) in [6.45, 7) is 3.76. The number of benzene rings is 3. The van der Waals surface area contributed by atoms with Crippen molar-refractivity contribution in [3.8, 4) is 5.75 Å². The van der Waals surface area contributed by atoms with Crippen LogP contribution in [0.1, 0.15) is 16.7 Å². The highest BCUT2D eigenvalue weighted by molar-refractivity contribution is 6.32. The van der Waals surface area contributed by atoms with Gasteiger partial charge < -0.3 is 10.1 Å². The van der Waals surface area contributed by atoms with Gasteiger partial charge in [-0.3, -0.25) is 9.79 Å². The number of halogens is 2. The SMILES string of the molecule is Cc1ccc(N=Cc2ccc(OCC(=O)Nc3ccc(C)c(Cl)c3)c(Cl)c2)cc1. The number of amides is 1. The fraction of sp³-hybridized carbons (Fsp3) is 0.130. The van der Waals surface area contributed by atoms with E-state index in [9.17, 15) is 4.79 Å². The summed E-state index contributed by atoms with van der Waals surface area (Å²) in [6.07, 6.45) is 1.73. The fourth-order valence-corrected chi connectivity index (χ4v) is 2.93. The first-order valence-electron chi connectivity index (χ1n) is 9.00. The Morgan fingerprint density at radius 3 is 2.45 bits per heavy atom. The van der Waals surface area contributed by atoms with Gasteiger partial charge in [0.15, 0.2) is 6.61 Å². The van der Waals surface area contributed by atoms with Crippen LogP contribution in [0.4, 0.5) is 11.4 Å². The standard InChI is InChI=1S/C23H20Cl2N2O2/c1-15-3-7-18(8-4-15)26-13-17-6-10-22(21(25)11-17)29-14-23(28)27-19-9-5-16(2)20(24)12-19/h3-13H,14H2,1-2H3,(H,27,28). The van der Waals surface area contributed by atoms with Crippen molar-refractivity contribution < 1.29 is 9.53 Å². The highest BCUT2D eigenvalue weighted by atomic mass is 35.5. The van der Waals surface area contributed by atoms with Crippen LogP contribution in [0.25, 0.3) is 0 Å². The molecule has 6 heteroatoms. The molecular weight excluding hydrogens is 407 g/mol. The van der Waals surface area contributed by atoms with Gasteiger partial charge in [-0.15, -0.1) is 0 Å². The molecule has 0 aromatic heterocycles. The van der Waals surface area contributed by atoms with E-state index in [1.807, 2.05) is 50.2 Å². The normalized spacial score (nSPS) is 10.9. The summed E-state index contributed by atoms with van der Waals surface area (Å²) in [6, 6.07) is 18.5. The zero-order valence-electron chi connectivity index (χ0n) is 16.1. The maximum absolute atomic E-state index is 12.1. The van der Waals surface area contributed by atoms with Crippen molar-refractivity contribution in [2.24, 2.45) is 4.99 Å². The Kier molecular flexibility index (Phi) is 6.91. The summed E-state index contributed by atoms with van der Waals surface area (Å²) < 4.78 is 5.53. The second-order valence-electron chi connectivity index (χ2n) is 6.58. The maximum Gasteiger partial charge on any atom is 0.262 e. The Hall–Kier alpha value is -2.82. The molecular formula is C23H20Cl2N2O2. The van der Waals surface area contributed by atoms with E-state index >= 15 is 0 Å². The van der Waals surface area contributed by atoms with Gasteiger partial charge in [0.1, 0.15) is 5.75 Å². The lowest BCUT2D eigenvalue weighted by atomic mass is 10.2. The molecule has 0 radical (unpaired) electrons. The number of nitrogens with zero attached hydrogens (tertiary/aromatic N) is 1. The maximum atomic E-state index is 12.1. The Morgan fingerprint density at radius 2 is 1.76 bits per heavy atom. The zero-order valence-corrected chi connectivity index (χ0v) is 17.6. The lowest BCUT2D eigenvalue weighted by Crippen LogP contribution is -2.20. The molecule has 148 valence electrons. The summed E-state index contributed by atoms with van der Waals surface area (Å²) in [5.41, 5.74) is 4.44. The number of rotatable bonds is 6. The van der Waals surface area contributed by atoms with Crippen molar-refractivity contribution in [3.63, 3.8) is 0 Å². The van der Waals surface area contributed by atoms with E-state index < -0.39 is 0 Å². The first kappa shape index (κ1) is 20.9. The molecule has 0 heterocycles. The first-order chi connectivity index (χ1) is 13.9. The van der Waals surface area contributed by atoms with Crippen molar-refractivity contribution in [1.82, 2.24) is 0 Å². The molecule has 29 heavy (non-hydrogen) atoms. The minimum Gasteiger partial charge on any atom is -0.482 e. The second kappa shape index (κ2) is 9.59. The predicted molar refractivity (Wildman–Crippen MR) is 120 cm³/mol. The number of carbonyl (C=O) groups excluding carboxylic acids is 1. The van der Waals surface area contributed by atoms with Crippen molar-refractivity contribution in [3.05, 3.63) is 87.4 Å². The fourth-order valence-electron chi connectivity index (χ4n) is 2.51. The van der Waals surface area contributed by atoms with Crippen molar-refractivity contribution in [2.45, 2.75) is 13.8 Å². The smallest absolute Gasteiger partial charge is 0.262 e. The van der Waals surface area contributed by atoms with Crippen LogP contribution >= 0.6 is 23.2 Å². The van der Waals surface area contributed by atoms with Crippen LogP contribution in [0.3, 0.4) is 0 Å². The van der Waals surface area contributed by atoms with E-state index in [0.717, 1.165) is 16.8 Å². The Bertz CT molecular complexity index is 1050. The van der Waals surface area contributed by atoms with Crippen LogP contribution in [-0.4, -0.2) is 18.7 Å². The van der Waals surface area contributed by atoms with Gasteiger partial charge in [-0.05, 0) is 67.4 Å². The van der Waals surface area contributed by atoms with Crippen LogP contribution in [0.5, 0.6) is 5.75 Å². The summed E-state index contributed by atoms with van der Waals surface area (Å²) in [7, 11) is 0. The summed E-state index contributed by atoms with van der Waals surface area (Å²) in [5, 5.41) is 3.74. The third-order valence-corrected chi connectivity index (χ3v) is 4.87. The molecule has 1 amide bonds. The lowest BCUT2D eigenvalue weighted by Gasteiger charge is -2.10. The van der Waals surface area contributed by atoms with E-state index in [1.54, 1.807) is 30.5 Å². The van der Waals surface area contributed by atoms with Gasteiger partial charge in [-0.2, -0.15) is 0 Å². The highest BCUT2D eigenvalue weighted by Gasteiger charge is 2.08. The summed E-state index contributed by atoms with van der Waals surface area (Å²) in [5.74, 6) is 0.127. The van der Waals surface area contributed by atoms with Gasteiger partial charge >= 0.3 is 0 Å². The van der Waals surface area contributed by atoms with Crippen molar-refractivity contribution >= 4 is 46.7 Å². The molecule has 3 aromatic carbocycles. The number of nitrogens with one attached hydrogen (secondary N) is 1. The number of aryl methyl sites for hydroxylation is 2. The third-order valence-electron chi connectivity index (χ3n) is 4.17. The number of carbonyl (C=O) groups is 1. The lowest BCUT2D eigenvalue weighted by molar-refractivity contribution is -0.118. The molecule has 0 aliphatic carbocycles. The van der Waals surface area contributed by atoms with Crippen LogP contribution < -0.4 is 10.1 Å². The average molecular weight is 427 g/mol. The van der Waals surface area contributed by atoms with Crippen LogP contribution in [0.15, 0.2) is 65.7 Å². The van der Waals surface area contributed by atoms with Gasteiger partial charge in [0.2, 0.25) is 0 Å². The molecule has 0 saturated carbocycles. The van der Waals surface area contributed by atoms with Gasteiger partial charge in [-0.1, -0.05) is 47.0 Å². The molecule has 0 bridgehead atoms. The second-order valence-corrected chi connectivity index (χ2v) is 7.40. The monoisotopic (exact) mass is 426 g/mol. The molecule has 0 fully saturated rings. The number of anilines is 1. The third kappa shape index (κ3) is 6.08. The number of aliphatic imine (C=N–C) groups is 1. The molecule has 0 aliphatic rings. The van der Waals surface area contributed by atoms with Crippen LogP contribution in [0, 0.1) is 13.8 Å². The van der Waals surface area contributed by atoms with Crippen LogP contribution in [-0.2, 0) is 4.79 Å². The van der Waals surface area contributed by atoms with E-state index in [2.05, 4.69) is 10.3 Å². The van der Waals surface area contributed by atoms with E-state index in [1.165, 1.54) is 5.56 Å². The van der Waals surface area contributed by atoms with Crippen molar-refractivity contribution in [2.75, 3.05) is 11.9 Å². The first-order valence-corrected chi connectivity index (χ1v) is 9.75. The Morgan fingerprint density at radius 1 is 1.00 bits per heavy atom. The number of hydrogen-bond acceptors (Lipinski definition) is 3. The summed E-state index contributed by atoms with van der Waals surface area (Å²) in [4.78, 5) is 16.5. The minimum atomic E-state index is -0.300. The number of ether oxygens (including phenoxy) is 1. The highest BCUT2D eigenvalue weighted by Crippen LogP contribution is 2.25. The predicted octanol–water partition coefficient (Wildman–Crippen LogP) is 6.38. The van der Waals surface area contributed by atoms with Gasteiger partial charge in [0.25, 0.3) is 5.91 Å². The van der Waals surface area contributed by atoms with E-state index in [-0.39, 0.29) is 12.5 Å². The molecule has 0 atom stereocenters. The molecule has 0 saturated heterocycles. The van der Waals surface area contributed by atoms with Gasteiger partial charge in [0.05, 0.1) is 10.7 Å². The van der Waals surface area contributed by atoms with E-state index in [0.29, 0.717) is 21.5 Å². The molecule has 0 unspecified atom stereocenters. The molecule has 1 N–H and O–H groups in total. The topological polar surface area (TPSA) is 50.7 Å². The van der Waals surface area contributed by atoms with Crippen LogP contribution in [0.2, 0.25) is 10.0 Å². The van der Waals surface area contributed by atoms with Gasteiger partial charge in [0, 0.05) is 16.9 Å². The number of hydrogen-bond donors (Lipinski definition) is 1. The average Bonchev–Trinajstić information content (AvgIpc) is 2.69. The molecule has 4 nitrogen and oxygen atoms in total. The Labute approximate surface area is 180 Å². The Balaban J connectivity index is 1.57. The largest absolute Gasteiger partial charge is 0.482 e. The summed E-state index contributed by atoms with van der Waals surface area (Å²) >= 11 is 12.3. The quantitative estimate of drug-likeness (QED) is 0.464. The molecule has 0 spiro atoms. The zero-order chi connectivity index (χ0) is 20.8. The van der Waals surface area contributed by atoms with E-state index in [4.69, 9.17) is 27.9 Å². The molecule has 0 aliphatic heterocycles. The molecule has 3 rings (SSSR count). The minimum absolute atomic E-state index is 0.165. The van der Waals surface area contributed by atoms with Gasteiger partial charge in [-0.25, -0.2) is 0 Å². The van der Waals surface area contributed by atoms with Crippen molar-refractivity contribution in [1.29, 1.82) is 0 Å².